The van der Waals surface area contributed by atoms with Crippen LogP contribution in [0.3, 0.4) is 0 Å². The molecule has 0 N–H and O–H groups in total. The van der Waals surface area contributed by atoms with Gasteiger partial charge < -0.3 is 14.3 Å². The third-order valence-corrected chi connectivity index (χ3v) is 7.21. The van der Waals surface area contributed by atoms with Crippen LogP contribution < -0.4 is 0 Å². The van der Waals surface area contributed by atoms with Gasteiger partial charge in [0.2, 0.25) is 11.8 Å². The summed E-state index contributed by atoms with van der Waals surface area (Å²) in [5, 5.41) is 3.95. The molecule has 0 aromatic carbocycles. The summed E-state index contributed by atoms with van der Waals surface area (Å²) in [5.74, 6) is -2.10. The third kappa shape index (κ3) is 3.50. The molecule has 4 aliphatic rings. The molecule has 164 valence electrons. The second-order valence-electron chi connectivity index (χ2n) is 9.46. The third-order valence-electron chi connectivity index (χ3n) is 7.21. The Kier molecular flexibility index (Phi) is 4.83. The van der Waals surface area contributed by atoms with Gasteiger partial charge in [-0.2, -0.15) is 0 Å². The second kappa shape index (κ2) is 7.28. The number of nitrogens with zero attached hydrogens (tertiary/aromatic N) is 4. The number of aryl methyl sites for hydroxylation is 1. The molecule has 30 heavy (non-hydrogen) atoms. The Morgan fingerprint density at radius 1 is 1.33 bits per heavy atom. The zero-order valence-corrected chi connectivity index (χ0v) is 17.2. The zero-order chi connectivity index (χ0) is 21.0. The fraction of sp³-hybridized carbons (Fsp3) is 0.762. The van der Waals surface area contributed by atoms with Crippen LogP contribution in [0.1, 0.15) is 43.6 Å². The molecule has 9 heteroatoms. The quantitative estimate of drug-likeness (QED) is 0.746. The van der Waals surface area contributed by atoms with Gasteiger partial charge in [-0.05, 0) is 32.1 Å². The fourth-order valence-electron chi connectivity index (χ4n) is 6.02. The molecule has 5 rings (SSSR count). The Morgan fingerprint density at radius 3 is 2.83 bits per heavy atom. The summed E-state index contributed by atoms with van der Waals surface area (Å²) >= 11 is 0. The van der Waals surface area contributed by atoms with Crippen molar-refractivity contribution in [1.29, 1.82) is 0 Å². The van der Waals surface area contributed by atoms with E-state index in [1.165, 1.54) is 4.90 Å². The Balaban J connectivity index is 1.41. The van der Waals surface area contributed by atoms with Gasteiger partial charge >= 0.3 is 0 Å². The normalized spacial score (nSPS) is 33.6. The first-order chi connectivity index (χ1) is 14.3. The minimum atomic E-state index is -2.83. The minimum absolute atomic E-state index is 0.00423. The van der Waals surface area contributed by atoms with E-state index in [-0.39, 0.29) is 36.7 Å². The number of halogens is 2. The van der Waals surface area contributed by atoms with Crippen LogP contribution in [0.15, 0.2) is 10.6 Å². The Labute approximate surface area is 174 Å². The standard InChI is InChI=1S/C21H28F2N4O3/c1-13-7-16(30-24-13)11-25-9-14-8-15(10-25)19(27-17(14)3-2-4-18(27)28)20(29)26-6-5-21(22,23)12-26/h7,14-15,17,19H,2-6,8-12H2,1H3/t14-,15+,17+,19-/m1/s1. The maximum Gasteiger partial charge on any atom is 0.267 e. The predicted molar refractivity (Wildman–Crippen MR) is 103 cm³/mol. The molecule has 2 bridgehead atoms. The number of aromatic nitrogens is 1. The molecule has 2 amide bonds. The SMILES string of the molecule is Cc1cc(CN2C[C@H]3C[C@@H](C2)[C@H](C(=O)N2CCC(F)(F)C2)N2C(=O)CCC[C@@H]32)on1. The molecule has 5 heterocycles. The highest BCUT2D eigenvalue weighted by molar-refractivity contribution is 5.89. The summed E-state index contributed by atoms with van der Waals surface area (Å²) < 4.78 is 33.0. The van der Waals surface area contributed by atoms with E-state index in [9.17, 15) is 18.4 Å². The van der Waals surface area contributed by atoms with E-state index < -0.39 is 18.5 Å². The summed E-state index contributed by atoms with van der Waals surface area (Å²) in [6.07, 6.45) is 2.70. The summed E-state index contributed by atoms with van der Waals surface area (Å²) in [6, 6.07) is 1.29. The van der Waals surface area contributed by atoms with Crippen LogP contribution >= 0.6 is 0 Å². The van der Waals surface area contributed by atoms with Gasteiger partial charge in [-0.15, -0.1) is 0 Å². The molecule has 0 saturated carbocycles. The van der Waals surface area contributed by atoms with E-state index in [2.05, 4.69) is 10.1 Å². The lowest BCUT2D eigenvalue weighted by molar-refractivity contribution is -0.165. The molecule has 1 aromatic heterocycles. The van der Waals surface area contributed by atoms with Gasteiger partial charge in [0.05, 0.1) is 18.8 Å². The van der Waals surface area contributed by atoms with Crippen molar-refractivity contribution in [2.45, 2.75) is 63.6 Å². The molecule has 7 nitrogen and oxygen atoms in total. The molecule has 0 aliphatic carbocycles. The molecule has 4 fully saturated rings. The number of fused-ring (bicyclic) bond motifs is 4. The Hall–Kier alpha value is -2.03. The number of hydrogen-bond donors (Lipinski definition) is 0. The average molecular weight is 422 g/mol. The number of alkyl halides is 2. The van der Waals surface area contributed by atoms with E-state index >= 15 is 0 Å². The van der Waals surface area contributed by atoms with Crippen molar-refractivity contribution >= 4 is 11.8 Å². The van der Waals surface area contributed by atoms with E-state index in [1.54, 1.807) is 4.90 Å². The van der Waals surface area contributed by atoms with Crippen LogP contribution in [0.4, 0.5) is 8.78 Å². The lowest BCUT2D eigenvalue weighted by Gasteiger charge is -2.56. The summed E-state index contributed by atoms with van der Waals surface area (Å²) in [7, 11) is 0. The van der Waals surface area contributed by atoms with Gasteiger partial charge in [-0.3, -0.25) is 14.5 Å². The highest BCUT2D eigenvalue weighted by Gasteiger charge is 2.54. The Morgan fingerprint density at radius 2 is 2.13 bits per heavy atom. The van der Waals surface area contributed by atoms with Crippen molar-refractivity contribution in [3.05, 3.63) is 17.5 Å². The van der Waals surface area contributed by atoms with Crippen LogP contribution in [0, 0.1) is 18.8 Å². The van der Waals surface area contributed by atoms with Gasteiger partial charge in [-0.25, -0.2) is 8.78 Å². The first-order valence-corrected chi connectivity index (χ1v) is 10.9. The number of amides is 2. The number of piperidine rings is 3. The summed E-state index contributed by atoms with van der Waals surface area (Å²) in [6.45, 7) is 3.50. The van der Waals surface area contributed by atoms with Crippen LogP contribution in [0.5, 0.6) is 0 Å². The van der Waals surface area contributed by atoms with Crippen molar-refractivity contribution < 1.29 is 22.9 Å². The van der Waals surface area contributed by atoms with Crippen molar-refractivity contribution in [3.63, 3.8) is 0 Å². The lowest BCUT2D eigenvalue weighted by atomic mass is 9.71. The maximum atomic E-state index is 13.8. The fourth-order valence-corrected chi connectivity index (χ4v) is 6.02. The number of rotatable bonds is 3. The first-order valence-electron chi connectivity index (χ1n) is 10.9. The first kappa shape index (κ1) is 19.9. The topological polar surface area (TPSA) is 69.9 Å². The van der Waals surface area contributed by atoms with Gasteiger partial charge in [-0.1, -0.05) is 5.16 Å². The molecule has 4 saturated heterocycles. The second-order valence-corrected chi connectivity index (χ2v) is 9.46. The van der Waals surface area contributed by atoms with Crippen molar-refractivity contribution in [3.8, 4) is 0 Å². The van der Waals surface area contributed by atoms with Crippen LogP contribution in [0.25, 0.3) is 0 Å². The van der Waals surface area contributed by atoms with Crippen LogP contribution in [0.2, 0.25) is 0 Å². The number of carbonyl (C=O) groups excluding carboxylic acids is 2. The molecule has 4 aliphatic heterocycles. The number of carbonyl (C=O) groups is 2. The summed E-state index contributed by atoms with van der Waals surface area (Å²) in [5.41, 5.74) is 0.828. The van der Waals surface area contributed by atoms with E-state index in [0.29, 0.717) is 25.4 Å². The van der Waals surface area contributed by atoms with Gasteiger partial charge in [0.1, 0.15) is 6.04 Å². The van der Waals surface area contributed by atoms with Gasteiger partial charge in [0, 0.05) is 50.5 Å². The molecule has 1 aromatic rings. The molecular weight excluding hydrogens is 394 g/mol. The maximum absolute atomic E-state index is 13.8. The molecular formula is C21H28F2N4O3. The van der Waals surface area contributed by atoms with Crippen LogP contribution in [-0.4, -0.2) is 75.9 Å². The zero-order valence-electron chi connectivity index (χ0n) is 17.2. The number of likely N-dealkylation sites (tertiary alicyclic amines) is 2. The lowest BCUT2D eigenvalue weighted by Crippen LogP contribution is -2.68. The predicted octanol–water partition coefficient (Wildman–Crippen LogP) is 2.05. The van der Waals surface area contributed by atoms with E-state index in [1.807, 2.05) is 13.0 Å². The minimum Gasteiger partial charge on any atom is -0.360 e. The summed E-state index contributed by atoms with van der Waals surface area (Å²) in [4.78, 5) is 31.6. The van der Waals surface area contributed by atoms with Gasteiger partial charge in [0.15, 0.2) is 5.76 Å². The average Bonchev–Trinajstić information content (AvgIpc) is 3.27. The molecule has 4 atom stereocenters. The highest BCUT2D eigenvalue weighted by atomic mass is 19.3. The Bertz CT molecular complexity index is 844. The molecule has 0 spiro atoms. The highest BCUT2D eigenvalue weighted by Crippen LogP contribution is 2.43. The smallest absolute Gasteiger partial charge is 0.267 e. The van der Waals surface area contributed by atoms with Crippen LogP contribution in [-0.2, 0) is 16.1 Å². The van der Waals surface area contributed by atoms with E-state index in [0.717, 1.165) is 37.3 Å². The van der Waals surface area contributed by atoms with E-state index in [4.69, 9.17) is 4.52 Å². The molecule has 0 radical (unpaired) electrons. The van der Waals surface area contributed by atoms with Crippen molar-refractivity contribution in [2.24, 2.45) is 11.8 Å². The van der Waals surface area contributed by atoms with Crippen molar-refractivity contribution in [2.75, 3.05) is 26.2 Å². The number of hydrogen-bond acceptors (Lipinski definition) is 5. The largest absolute Gasteiger partial charge is 0.360 e. The van der Waals surface area contributed by atoms with Gasteiger partial charge in [0.25, 0.3) is 5.92 Å². The monoisotopic (exact) mass is 422 g/mol. The van der Waals surface area contributed by atoms with Crippen molar-refractivity contribution in [1.82, 2.24) is 19.9 Å². The molecule has 0 unspecified atom stereocenters.